The van der Waals surface area contributed by atoms with Gasteiger partial charge in [-0.05, 0) is 41.5 Å². The predicted octanol–water partition coefficient (Wildman–Crippen LogP) is 2.17. The van der Waals surface area contributed by atoms with E-state index in [1.807, 2.05) is 20.8 Å². The molecule has 0 aliphatic heterocycles. The standard InChI is InChI=1S/C13H25NO5/c1-12(2,3)18-8-9(7-10(15)16)14-11(17)19-13(4,5)6/h9H,7-8H2,1-6H3,(H,14,17)(H,15,16)/t9-/m0/s1. The zero-order valence-corrected chi connectivity index (χ0v) is 12.6. The minimum Gasteiger partial charge on any atom is -0.481 e. The van der Waals surface area contributed by atoms with Crippen molar-refractivity contribution in [2.45, 2.75) is 65.2 Å². The highest BCUT2D eigenvalue weighted by Crippen LogP contribution is 2.10. The summed E-state index contributed by atoms with van der Waals surface area (Å²) < 4.78 is 10.6. The van der Waals surface area contributed by atoms with E-state index < -0.39 is 29.3 Å². The third kappa shape index (κ3) is 11.5. The van der Waals surface area contributed by atoms with Gasteiger partial charge in [0, 0.05) is 0 Å². The van der Waals surface area contributed by atoms with E-state index in [0.29, 0.717) is 0 Å². The Bertz CT molecular complexity index is 314. The first kappa shape index (κ1) is 17.7. The Kier molecular flexibility index (Phi) is 6.29. The molecule has 0 aliphatic rings. The van der Waals surface area contributed by atoms with Gasteiger partial charge >= 0.3 is 12.1 Å². The molecule has 0 unspecified atom stereocenters. The predicted molar refractivity (Wildman–Crippen MR) is 71.1 cm³/mol. The molecular weight excluding hydrogens is 250 g/mol. The van der Waals surface area contributed by atoms with Gasteiger partial charge in [0.25, 0.3) is 0 Å². The van der Waals surface area contributed by atoms with Crippen molar-refractivity contribution in [2.24, 2.45) is 0 Å². The van der Waals surface area contributed by atoms with Crippen LogP contribution in [0, 0.1) is 0 Å². The number of ether oxygens (including phenoxy) is 2. The van der Waals surface area contributed by atoms with Gasteiger partial charge in [-0.2, -0.15) is 0 Å². The second kappa shape index (κ2) is 6.75. The molecule has 19 heavy (non-hydrogen) atoms. The molecule has 0 saturated carbocycles. The summed E-state index contributed by atoms with van der Waals surface area (Å²) in [7, 11) is 0. The Labute approximate surface area is 114 Å². The number of carbonyl (C=O) groups excluding carboxylic acids is 1. The zero-order chi connectivity index (χ0) is 15.3. The van der Waals surface area contributed by atoms with E-state index >= 15 is 0 Å². The molecule has 0 radical (unpaired) electrons. The van der Waals surface area contributed by atoms with Crippen LogP contribution in [0.5, 0.6) is 0 Å². The number of hydrogen-bond acceptors (Lipinski definition) is 4. The summed E-state index contributed by atoms with van der Waals surface area (Å²) in [4.78, 5) is 22.3. The summed E-state index contributed by atoms with van der Waals surface area (Å²) >= 11 is 0. The van der Waals surface area contributed by atoms with Gasteiger partial charge in [-0.3, -0.25) is 4.79 Å². The molecule has 2 N–H and O–H groups in total. The van der Waals surface area contributed by atoms with Gasteiger partial charge in [0.1, 0.15) is 5.60 Å². The molecule has 0 aromatic rings. The van der Waals surface area contributed by atoms with Crippen LogP contribution in [-0.4, -0.2) is 41.0 Å². The molecular formula is C13H25NO5. The fraction of sp³-hybridized carbons (Fsp3) is 0.846. The Hall–Kier alpha value is -1.30. The highest BCUT2D eigenvalue weighted by Gasteiger charge is 2.23. The maximum absolute atomic E-state index is 11.6. The van der Waals surface area contributed by atoms with Crippen molar-refractivity contribution in [2.75, 3.05) is 6.61 Å². The fourth-order valence-electron chi connectivity index (χ4n) is 1.19. The van der Waals surface area contributed by atoms with E-state index in [9.17, 15) is 9.59 Å². The van der Waals surface area contributed by atoms with Crippen LogP contribution in [0.4, 0.5) is 4.79 Å². The molecule has 0 aromatic heterocycles. The van der Waals surface area contributed by atoms with Crippen molar-refractivity contribution < 1.29 is 24.2 Å². The number of alkyl carbamates (subject to hydrolysis) is 1. The summed E-state index contributed by atoms with van der Waals surface area (Å²) in [5.41, 5.74) is -1.02. The SMILES string of the molecule is CC(C)(C)OC[C@H](CC(=O)O)NC(=O)OC(C)(C)C. The molecule has 0 bridgehead atoms. The van der Waals surface area contributed by atoms with E-state index in [-0.39, 0.29) is 13.0 Å². The minimum absolute atomic E-state index is 0.120. The normalized spacial score (nSPS) is 13.8. The number of hydrogen-bond donors (Lipinski definition) is 2. The van der Waals surface area contributed by atoms with Crippen LogP contribution in [0.2, 0.25) is 0 Å². The largest absolute Gasteiger partial charge is 0.481 e. The van der Waals surface area contributed by atoms with E-state index in [4.69, 9.17) is 14.6 Å². The maximum atomic E-state index is 11.6. The van der Waals surface area contributed by atoms with Gasteiger partial charge in [-0.1, -0.05) is 0 Å². The number of carboxylic acids is 1. The van der Waals surface area contributed by atoms with Crippen molar-refractivity contribution in [3.8, 4) is 0 Å². The first-order valence-corrected chi connectivity index (χ1v) is 6.24. The second-order valence-corrected chi connectivity index (χ2v) is 6.36. The van der Waals surface area contributed by atoms with E-state index in [1.165, 1.54) is 0 Å². The molecule has 0 fully saturated rings. The Morgan fingerprint density at radius 3 is 2.00 bits per heavy atom. The molecule has 1 amide bonds. The molecule has 6 nitrogen and oxygen atoms in total. The second-order valence-electron chi connectivity index (χ2n) is 6.36. The summed E-state index contributed by atoms with van der Waals surface area (Å²) in [5, 5.41) is 11.3. The summed E-state index contributed by atoms with van der Waals surface area (Å²) in [6.45, 7) is 10.9. The molecule has 1 atom stereocenters. The van der Waals surface area contributed by atoms with Gasteiger partial charge in [0.2, 0.25) is 0 Å². The molecule has 0 heterocycles. The maximum Gasteiger partial charge on any atom is 0.407 e. The Morgan fingerprint density at radius 2 is 1.63 bits per heavy atom. The van der Waals surface area contributed by atoms with Crippen molar-refractivity contribution in [3.05, 3.63) is 0 Å². The molecule has 0 aliphatic carbocycles. The Morgan fingerprint density at radius 1 is 1.11 bits per heavy atom. The topological polar surface area (TPSA) is 84.9 Å². The van der Waals surface area contributed by atoms with Crippen LogP contribution >= 0.6 is 0 Å². The van der Waals surface area contributed by atoms with E-state index in [1.54, 1.807) is 20.8 Å². The number of carboxylic acid groups (broad SMARTS) is 1. The van der Waals surface area contributed by atoms with Crippen molar-refractivity contribution in [3.63, 3.8) is 0 Å². The lowest BCUT2D eigenvalue weighted by atomic mass is 10.1. The third-order valence-electron chi connectivity index (χ3n) is 1.86. The highest BCUT2D eigenvalue weighted by atomic mass is 16.6. The minimum atomic E-state index is -1.00. The number of aliphatic carboxylic acids is 1. The van der Waals surface area contributed by atoms with Crippen LogP contribution in [0.25, 0.3) is 0 Å². The van der Waals surface area contributed by atoms with Crippen LogP contribution in [-0.2, 0) is 14.3 Å². The van der Waals surface area contributed by atoms with Crippen molar-refractivity contribution in [1.82, 2.24) is 5.32 Å². The summed E-state index contributed by atoms with van der Waals surface area (Å²) in [5.74, 6) is -1.00. The van der Waals surface area contributed by atoms with Crippen LogP contribution in [0.15, 0.2) is 0 Å². The molecule has 0 spiro atoms. The summed E-state index contributed by atoms with van der Waals surface area (Å²) in [6.07, 6.45) is -0.855. The molecule has 6 heteroatoms. The van der Waals surface area contributed by atoms with Gasteiger partial charge in [0.05, 0.1) is 24.7 Å². The average Bonchev–Trinajstić information content (AvgIpc) is 2.08. The first-order chi connectivity index (χ1) is 8.39. The number of amides is 1. The van der Waals surface area contributed by atoms with Gasteiger partial charge in [-0.25, -0.2) is 4.79 Å². The van der Waals surface area contributed by atoms with Crippen LogP contribution in [0.3, 0.4) is 0 Å². The van der Waals surface area contributed by atoms with Crippen molar-refractivity contribution >= 4 is 12.1 Å². The Balaban J connectivity index is 4.43. The highest BCUT2D eigenvalue weighted by molar-refractivity contribution is 5.71. The van der Waals surface area contributed by atoms with Crippen LogP contribution < -0.4 is 5.32 Å². The van der Waals surface area contributed by atoms with Crippen LogP contribution in [0.1, 0.15) is 48.0 Å². The molecule has 0 saturated heterocycles. The number of nitrogens with one attached hydrogen (secondary N) is 1. The lowest BCUT2D eigenvalue weighted by Crippen LogP contribution is -2.43. The number of carbonyl (C=O) groups is 2. The van der Waals surface area contributed by atoms with Gasteiger partial charge < -0.3 is 19.9 Å². The monoisotopic (exact) mass is 275 g/mol. The molecule has 0 rings (SSSR count). The fourth-order valence-corrected chi connectivity index (χ4v) is 1.19. The first-order valence-electron chi connectivity index (χ1n) is 6.24. The quantitative estimate of drug-likeness (QED) is 0.803. The smallest absolute Gasteiger partial charge is 0.407 e. The van der Waals surface area contributed by atoms with Crippen molar-refractivity contribution in [1.29, 1.82) is 0 Å². The number of rotatable bonds is 5. The lowest BCUT2D eigenvalue weighted by molar-refractivity contribution is -0.138. The average molecular weight is 275 g/mol. The van der Waals surface area contributed by atoms with E-state index in [0.717, 1.165) is 0 Å². The lowest BCUT2D eigenvalue weighted by Gasteiger charge is -2.26. The van der Waals surface area contributed by atoms with Gasteiger partial charge in [0.15, 0.2) is 0 Å². The third-order valence-corrected chi connectivity index (χ3v) is 1.86. The summed E-state index contributed by atoms with van der Waals surface area (Å²) in [6, 6.07) is -0.619. The zero-order valence-electron chi connectivity index (χ0n) is 12.6. The molecule has 0 aromatic carbocycles. The molecule has 112 valence electrons. The van der Waals surface area contributed by atoms with E-state index in [2.05, 4.69) is 5.32 Å². The van der Waals surface area contributed by atoms with Gasteiger partial charge in [-0.15, -0.1) is 0 Å².